The Morgan fingerprint density at radius 3 is 2.61 bits per heavy atom. The van der Waals surface area contributed by atoms with Crippen molar-refractivity contribution in [2.45, 2.75) is 26.8 Å². The number of nitrogens with one attached hydrogen (secondary N) is 2. The SMILES string of the molecule is CCC(C)C(=O)Nc1cccc(CNC(=O)c2cc(-c3ccccc3)no2)c1. The third-order valence-corrected chi connectivity index (χ3v) is 4.51. The van der Waals surface area contributed by atoms with Gasteiger partial charge in [-0.15, -0.1) is 0 Å². The van der Waals surface area contributed by atoms with Crippen LogP contribution in [-0.4, -0.2) is 17.0 Å². The van der Waals surface area contributed by atoms with Gasteiger partial charge < -0.3 is 15.2 Å². The van der Waals surface area contributed by atoms with Crippen LogP contribution >= 0.6 is 0 Å². The van der Waals surface area contributed by atoms with Gasteiger partial charge in [0.1, 0.15) is 5.69 Å². The molecule has 0 saturated carbocycles. The van der Waals surface area contributed by atoms with Crippen molar-refractivity contribution >= 4 is 17.5 Å². The number of rotatable bonds is 7. The fourth-order valence-electron chi connectivity index (χ4n) is 2.61. The Balaban J connectivity index is 1.60. The topological polar surface area (TPSA) is 84.2 Å². The summed E-state index contributed by atoms with van der Waals surface area (Å²) in [6.07, 6.45) is 0.781. The fraction of sp³-hybridized carbons (Fsp3) is 0.227. The molecule has 0 radical (unpaired) electrons. The number of carbonyl (C=O) groups excluding carboxylic acids is 2. The Kier molecular flexibility index (Phi) is 6.22. The number of benzene rings is 2. The largest absolute Gasteiger partial charge is 0.350 e. The molecule has 0 saturated heterocycles. The second kappa shape index (κ2) is 8.99. The second-order valence-electron chi connectivity index (χ2n) is 6.62. The van der Waals surface area contributed by atoms with Crippen molar-refractivity contribution in [2.75, 3.05) is 5.32 Å². The number of carbonyl (C=O) groups is 2. The normalized spacial score (nSPS) is 11.6. The van der Waals surface area contributed by atoms with Gasteiger partial charge in [-0.05, 0) is 24.1 Å². The van der Waals surface area contributed by atoms with Crippen molar-refractivity contribution < 1.29 is 14.1 Å². The van der Waals surface area contributed by atoms with Crippen LogP contribution in [0.15, 0.2) is 65.2 Å². The molecule has 1 heterocycles. The first kappa shape index (κ1) is 19.4. The minimum absolute atomic E-state index is 0.0150. The van der Waals surface area contributed by atoms with E-state index < -0.39 is 0 Å². The van der Waals surface area contributed by atoms with Gasteiger partial charge in [-0.1, -0.05) is 61.5 Å². The van der Waals surface area contributed by atoms with Crippen LogP contribution in [0.25, 0.3) is 11.3 Å². The standard InChI is InChI=1S/C22H23N3O3/c1-3-15(2)21(26)24-18-11-7-8-16(12-18)14-23-22(27)20-13-19(25-28-20)17-9-5-4-6-10-17/h4-13,15H,3,14H2,1-2H3,(H,23,27)(H,24,26). The third-order valence-electron chi connectivity index (χ3n) is 4.51. The second-order valence-corrected chi connectivity index (χ2v) is 6.62. The van der Waals surface area contributed by atoms with E-state index in [4.69, 9.17) is 4.52 Å². The van der Waals surface area contributed by atoms with Gasteiger partial charge in [-0.2, -0.15) is 0 Å². The molecule has 2 N–H and O–H groups in total. The van der Waals surface area contributed by atoms with Crippen LogP contribution in [0.4, 0.5) is 5.69 Å². The molecule has 0 aliphatic heterocycles. The van der Waals surface area contributed by atoms with Crippen LogP contribution < -0.4 is 10.6 Å². The summed E-state index contributed by atoms with van der Waals surface area (Å²) in [7, 11) is 0. The molecule has 144 valence electrons. The summed E-state index contributed by atoms with van der Waals surface area (Å²) in [6, 6.07) is 18.5. The van der Waals surface area contributed by atoms with Gasteiger partial charge in [-0.3, -0.25) is 9.59 Å². The Labute approximate surface area is 163 Å². The van der Waals surface area contributed by atoms with Crippen LogP contribution in [0.1, 0.15) is 36.4 Å². The van der Waals surface area contributed by atoms with Gasteiger partial charge in [0.25, 0.3) is 5.91 Å². The zero-order chi connectivity index (χ0) is 19.9. The highest BCUT2D eigenvalue weighted by molar-refractivity contribution is 5.93. The summed E-state index contributed by atoms with van der Waals surface area (Å²) in [6.45, 7) is 4.18. The van der Waals surface area contributed by atoms with Gasteiger partial charge >= 0.3 is 0 Å². The van der Waals surface area contributed by atoms with Crippen molar-refractivity contribution in [3.8, 4) is 11.3 Å². The summed E-state index contributed by atoms with van der Waals surface area (Å²) in [5, 5.41) is 9.65. The van der Waals surface area contributed by atoms with E-state index in [0.717, 1.165) is 17.5 Å². The molecule has 0 aliphatic carbocycles. The molecule has 2 aromatic carbocycles. The molecule has 6 nitrogen and oxygen atoms in total. The van der Waals surface area contributed by atoms with Crippen LogP contribution in [-0.2, 0) is 11.3 Å². The fourth-order valence-corrected chi connectivity index (χ4v) is 2.61. The first-order valence-corrected chi connectivity index (χ1v) is 9.27. The molecule has 0 fully saturated rings. The lowest BCUT2D eigenvalue weighted by atomic mass is 10.1. The Bertz CT molecular complexity index is 950. The van der Waals surface area contributed by atoms with E-state index in [9.17, 15) is 9.59 Å². The molecule has 3 rings (SSSR count). The molecule has 0 bridgehead atoms. The van der Waals surface area contributed by atoms with Gasteiger partial charge in [-0.25, -0.2) is 0 Å². The summed E-state index contributed by atoms with van der Waals surface area (Å²) in [5.41, 5.74) is 3.08. The predicted octanol–water partition coefficient (Wildman–Crippen LogP) is 4.26. The van der Waals surface area contributed by atoms with E-state index in [1.54, 1.807) is 6.07 Å². The summed E-state index contributed by atoms with van der Waals surface area (Å²) >= 11 is 0. The maximum Gasteiger partial charge on any atom is 0.290 e. The number of aromatic nitrogens is 1. The van der Waals surface area contributed by atoms with Crippen LogP contribution in [0, 0.1) is 5.92 Å². The van der Waals surface area contributed by atoms with Gasteiger partial charge in [0.15, 0.2) is 0 Å². The molecular weight excluding hydrogens is 354 g/mol. The van der Waals surface area contributed by atoms with Gasteiger partial charge in [0, 0.05) is 29.8 Å². The Hall–Kier alpha value is -3.41. The lowest BCUT2D eigenvalue weighted by Crippen LogP contribution is -2.22. The number of anilines is 1. The van der Waals surface area contributed by atoms with Gasteiger partial charge in [0.2, 0.25) is 11.7 Å². The monoisotopic (exact) mass is 377 g/mol. The third kappa shape index (κ3) is 4.85. The molecule has 28 heavy (non-hydrogen) atoms. The number of hydrogen-bond acceptors (Lipinski definition) is 4. The van der Waals surface area contributed by atoms with E-state index in [1.807, 2.05) is 68.4 Å². The predicted molar refractivity (Wildman–Crippen MR) is 108 cm³/mol. The molecule has 6 heteroatoms. The van der Waals surface area contributed by atoms with Crippen LogP contribution in [0.2, 0.25) is 0 Å². The van der Waals surface area contributed by atoms with Crippen LogP contribution in [0.5, 0.6) is 0 Å². The number of nitrogens with zero attached hydrogens (tertiary/aromatic N) is 1. The Morgan fingerprint density at radius 2 is 1.86 bits per heavy atom. The number of amides is 2. The van der Waals surface area contributed by atoms with Crippen molar-refractivity contribution in [3.63, 3.8) is 0 Å². The van der Waals surface area contributed by atoms with Gasteiger partial charge in [0.05, 0.1) is 0 Å². The zero-order valence-corrected chi connectivity index (χ0v) is 15.9. The highest BCUT2D eigenvalue weighted by atomic mass is 16.5. The maximum atomic E-state index is 12.3. The molecule has 3 aromatic rings. The highest BCUT2D eigenvalue weighted by Gasteiger charge is 2.14. The molecule has 0 spiro atoms. The maximum absolute atomic E-state index is 12.3. The van der Waals surface area contributed by atoms with E-state index in [1.165, 1.54) is 0 Å². The van der Waals surface area contributed by atoms with E-state index in [-0.39, 0.29) is 23.5 Å². The smallest absolute Gasteiger partial charge is 0.290 e. The minimum atomic E-state index is -0.344. The number of hydrogen-bond donors (Lipinski definition) is 2. The summed E-state index contributed by atoms with van der Waals surface area (Å²) < 4.78 is 5.17. The molecule has 0 aliphatic rings. The van der Waals surface area contributed by atoms with Crippen molar-refractivity contribution in [3.05, 3.63) is 72.0 Å². The first-order valence-electron chi connectivity index (χ1n) is 9.27. The highest BCUT2D eigenvalue weighted by Crippen LogP contribution is 2.18. The molecule has 1 unspecified atom stereocenters. The summed E-state index contributed by atoms with van der Waals surface area (Å²) in [5.74, 6) is -0.254. The van der Waals surface area contributed by atoms with E-state index in [0.29, 0.717) is 17.9 Å². The van der Waals surface area contributed by atoms with Crippen molar-refractivity contribution in [1.82, 2.24) is 10.5 Å². The van der Waals surface area contributed by atoms with Crippen LogP contribution in [0.3, 0.4) is 0 Å². The lowest BCUT2D eigenvalue weighted by Gasteiger charge is -2.11. The molecule has 1 aromatic heterocycles. The molecule has 2 amide bonds. The summed E-state index contributed by atoms with van der Waals surface area (Å²) in [4.78, 5) is 24.4. The van der Waals surface area contributed by atoms with Crippen molar-refractivity contribution in [2.24, 2.45) is 5.92 Å². The minimum Gasteiger partial charge on any atom is -0.350 e. The molecular formula is C22H23N3O3. The average molecular weight is 377 g/mol. The zero-order valence-electron chi connectivity index (χ0n) is 15.9. The molecule has 1 atom stereocenters. The first-order chi connectivity index (χ1) is 13.6. The Morgan fingerprint density at radius 1 is 1.07 bits per heavy atom. The quantitative estimate of drug-likeness (QED) is 0.644. The van der Waals surface area contributed by atoms with Crippen molar-refractivity contribution in [1.29, 1.82) is 0 Å². The van der Waals surface area contributed by atoms with E-state index in [2.05, 4.69) is 15.8 Å². The average Bonchev–Trinajstić information content (AvgIpc) is 3.22. The lowest BCUT2D eigenvalue weighted by molar-refractivity contribution is -0.119. The van der Waals surface area contributed by atoms with E-state index >= 15 is 0 Å².